The van der Waals surface area contributed by atoms with E-state index in [4.69, 9.17) is 14.3 Å². The van der Waals surface area contributed by atoms with Gasteiger partial charge in [0, 0.05) is 13.2 Å². The van der Waals surface area contributed by atoms with E-state index in [-0.39, 0.29) is 36.0 Å². The van der Waals surface area contributed by atoms with E-state index in [2.05, 4.69) is 4.72 Å². The molecule has 0 aliphatic carbocycles. The summed E-state index contributed by atoms with van der Waals surface area (Å²) in [5.41, 5.74) is 0. The summed E-state index contributed by atoms with van der Waals surface area (Å²) >= 11 is 0. The number of hydrogen-bond acceptors (Lipinski definition) is 5. The highest BCUT2D eigenvalue weighted by Gasteiger charge is 2.25. The van der Waals surface area contributed by atoms with Gasteiger partial charge in [-0.1, -0.05) is 13.8 Å². The molecular formula is C11H19NO5S. The molecule has 1 aromatic rings. The summed E-state index contributed by atoms with van der Waals surface area (Å²) < 4.78 is 36.5. The number of furan rings is 1. The van der Waals surface area contributed by atoms with Crippen molar-refractivity contribution in [2.45, 2.75) is 31.6 Å². The van der Waals surface area contributed by atoms with Crippen molar-refractivity contribution in [3.8, 4) is 0 Å². The van der Waals surface area contributed by atoms with Gasteiger partial charge >= 0.3 is 0 Å². The molecule has 0 amide bonds. The monoisotopic (exact) mass is 277 g/mol. The summed E-state index contributed by atoms with van der Waals surface area (Å²) in [5, 5.41) is 8.64. The Labute approximate surface area is 107 Å². The molecule has 0 saturated heterocycles. The van der Waals surface area contributed by atoms with Crippen molar-refractivity contribution >= 4 is 10.0 Å². The third kappa shape index (κ3) is 3.81. The van der Waals surface area contributed by atoms with Gasteiger partial charge in [-0.2, -0.15) is 0 Å². The third-order valence-corrected chi connectivity index (χ3v) is 3.88. The second-order valence-corrected chi connectivity index (χ2v) is 5.95. The highest BCUT2D eigenvalue weighted by Crippen LogP contribution is 2.15. The predicted molar refractivity (Wildman–Crippen MR) is 65.5 cm³/mol. The number of nitrogens with one attached hydrogen (secondary N) is 1. The molecule has 1 atom stereocenters. The Morgan fingerprint density at radius 1 is 1.44 bits per heavy atom. The van der Waals surface area contributed by atoms with Gasteiger partial charge in [0.15, 0.2) is 0 Å². The van der Waals surface area contributed by atoms with Gasteiger partial charge in [0.25, 0.3) is 10.0 Å². The molecule has 6 nitrogen and oxygen atoms in total. The van der Waals surface area contributed by atoms with Crippen LogP contribution in [0.1, 0.15) is 19.6 Å². The maximum absolute atomic E-state index is 12.0. The zero-order valence-corrected chi connectivity index (χ0v) is 11.5. The Morgan fingerprint density at radius 2 is 2.11 bits per heavy atom. The van der Waals surface area contributed by atoms with Gasteiger partial charge in [-0.05, 0) is 18.1 Å². The summed E-state index contributed by atoms with van der Waals surface area (Å²) in [4.78, 5) is 0. The number of ether oxygens (including phenoxy) is 1. The highest BCUT2D eigenvalue weighted by atomic mass is 32.2. The van der Waals surface area contributed by atoms with Crippen LogP contribution in [0.5, 0.6) is 0 Å². The molecule has 0 aromatic carbocycles. The van der Waals surface area contributed by atoms with E-state index in [1.165, 1.54) is 19.2 Å². The van der Waals surface area contributed by atoms with Crippen LogP contribution in [-0.2, 0) is 21.4 Å². The molecule has 1 aromatic heterocycles. The Bertz CT molecular complexity index is 466. The lowest BCUT2D eigenvalue weighted by molar-refractivity contribution is 0.157. The van der Waals surface area contributed by atoms with Crippen molar-refractivity contribution in [1.82, 2.24) is 4.72 Å². The molecule has 0 bridgehead atoms. The highest BCUT2D eigenvalue weighted by molar-refractivity contribution is 7.89. The smallest absolute Gasteiger partial charge is 0.274 e. The normalized spacial score (nSPS) is 14.1. The van der Waals surface area contributed by atoms with E-state index >= 15 is 0 Å². The lowest BCUT2D eigenvalue weighted by Gasteiger charge is -2.20. The van der Waals surface area contributed by atoms with Crippen LogP contribution >= 0.6 is 0 Å². The largest absolute Gasteiger partial charge is 0.446 e. The topological polar surface area (TPSA) is 88.8 Å². The Hall–Kier alpha value is -0.890. The fourth-order valence-corrected chi connectivity index (χ4v) is 2.71. The first-order chi connectivity index (χ1) is 8.40. The van der Waals surface area contributed by atoms with Gasteiger partial charge in [-0.15, -0.1) is 0 Å². The number of hydrogen-bond donors (Lipinski definition) is 2. The molecule has 1 rings (SSSR count). The van der Waals surface area contributed by atoms with E-state index in [0.29, 0.717) is 0 Å². The minimum Gasteiger partial charge on any atom is -0.446 e. The molecule has 0 saturated carbocycles. The number of rotatable bonds is 7. The van der Waals surface area contributed by atoms with Crippen molar-refractivity contribution in [2.24, 2.45) is 5.92 Å². The Kier molecular flexibility index (Phi) is 5.33. The minimum atomic E-state index is -3.72. The van der Waals surface area contributed by atoms with Crippen LogP contribution in [0.25, 0.3) is 0 Å². The average Bonchev–Trinajstić information content (AvgIpc) is 2.77. The minimum absolute atomic E-state index is 0.0898. The quantitative estimate of drug-likeness (QED) is 0.766. The van der Waals surface area contributed by atoms with Crippen LogP contribution in [0.4, 0.5) is 0 Å². The third-order valence-electron chi connectivity index (χ3n) is 2.52. The number of sulfonamides is 1. The van der Waals surface area contributed by atoms with E-state index in [9.17, 15) is 8.42 Å². The second-order valence-electron chi connectivity index (χ2n) is 4.31. The lowest BCUT2D eigenvalue weighted by Crippen LogP contribution is -2.41. The Morgan fingerprint density at radius 3 is 2.56 bits per heavy atom. The van der Waals surface area contributed by atoms with Crippen molar-refractivity contribution in [2.75, 3.05) is 13.7 Å². The van der Waals surface area contributed by atoms with Crippen LogP contribution in [0.2, 0.25) is 0 Å². The van der Waals surface area contributed by atoms with Gasteiger partial charge in [0.1, 0.15) is 12.4 Å². The first kappa shape index (κ1) is 15.2. The zero-order chi connectivity index (χ0) is 13.8. The maximum atomic E-state index is 12.0. The van der Waals surface area contributed by atoms with Gasteiger partial charge in [0.05, 0.1) is 6.61 Å². The SMILES string of the molecule is COCC(NS(=O)(=O)c1ccc(CO)o1)C(C)C. The molecule has 18 heavy (non-hydrogen) atoms. The van der Waals surface area contributed by atoms with Gasteiger partial charge in [-0.25, -0.2) is 13.1 Å². The van der Waals surface area contributed by atoms with Gasteiger partial charge in [-0.3, -0.25) is 0 Å². The fraction of sp³-hybridized carbons (Fsp3) is 0.636. The Balaban J connectivity index is 2.86. The van der Waals surface area contributed by atoms with Crippen LogP contribution in [0, 0.1) is 5.92 Å². The van der Waals surface area contributed by atoms with Gasteiger partial charge < -0.3 is 14.3 Å². The molecule has 1 heterocycles. The van der Waals surface area contributed by atoms with Crippen molar-refractivity contribution in [3.63, 3.8) is 0 Å². The molecule has 0 aliphatic heterocycles. The molecule has 0 radical (unpaired) electrons. The predicted octanol–water partition coefficient (Wildman–Crippen LogP) is 0.721. The molecule has 1 unspecified atom stereocenters. The van der Waals surface area contributed by atoms with Crippen molar-refractivity contribution in [3.05, 3.63) is 17.9 Å². The maximum Gasteiger partial charge on any atom is 0.274 e. The van der Waals surface area contributed by atoms with Crippen LogP contribution < -0.4 is 4.72 Å². The molecule has 0 spiro atoms. The summed E-state index contributed by atoms with van der Waals surface area (Å²) in [5.74, 6) is 0.301. The number of methoxy groups -OCH3 is 1. The molecule has 0 aliphatic rings. The van der Waals surface area contributed by atoms with Gasteiger partial charge in [0.2, 0.25) is 5.09 Å². The van der Waals surface area contributed by atoms with Crippen LogP contribution in [-0.4, -0.2) is 33.3 Å². The summed E-state index contributed by atoms with van der Waals surface area (Å²) in [6, 6.07) is 2.41. The first-order valence-corrected chi connectivity index (χ1v) is 7.10. The fourth-order valence-electron chi connectivity index (χ4n) is 1.39. The number of aliphatic hydroxyl groups is 1. The van der Waals surface area contributed by atoms with E-state index < -0.39 is 10.0 Å². The molecular weight excluding hydrogens is 258 g/mol. The van der Waals surface area contributed by atoms with E-state index in [1.54, 1.807) is 0 Å². The molecule has 0 fully saturated rings. The molecule has 2 N–H and O–H groups in total. The number of aliphatic hydroxyl groups excluding tert-OH is 1. The van der Waals surface area contributed by atoms with Crippen molar-refractivity contribution < 1.29 is 22.7 Å². The average molecular weight is 277 g/mol. The summed E-state index contributed by atoms with van der Waals surface area (Å²) in [7, 11) is -2.21. The zero-order valence-electron chi connectivity index (χ0n) is 10.7. The standard InChI is InChI=1S/C11H19NO5S/c1-8(2)10(7-16-3)12-18(14,15)11-5-4-9(6-13)17-11/h4-5,8,10,12-13H,6-7H2,1-3H3. The van der Waals surface area contributed by atoms with Crippen LogP contribution in [0.3, 0.4) is 0 Å². The lowest BCUT2D eigenvalue weighted by atomic mass is 10.1. The first-order valence-electron chi connectivity index (χ1n) is 5.61. The second kappa shape index (κ2) is 6.33. The van der Waals surface area contributed by atoms with E-state index in [0.717, 1.165) is 0 Å². The summed E-state index contributed by atoms with van der Waals surface area (Å²) in [6.07, 6.45) is 0. The molecule has 104 valence electrons. The van der Waals surface area contributed by atoms with E-state index in [1.807, 2.05) is 13.8 Å². The summed E-state index contributed by atoms with van der Waals surface area (Å²) in [6.45, 7) is 3.74. The van der Waals surface area contributed by atoms with Crippen LogP contribution in [0.15, 0.2) is 21.6 Å². The van der Waals surface area contributed by atoms with Crippen molar-refractivity contribution in [1.29, 1.82) is 0 Å². The molecule has 7 heteroatoms.